The Bertz CT molecular complexity index is 917. The third-order valence-electron chi connectivity index (χ3n) is 7.06. The molecule has 34 heavy (non-hydrogen) atoms. The van der Waals surface area contributed by atoms with Crippen LogP contribution in [-0.2, 0) is 14.1 Å². The molecular formula is C28H38BNO4. The van der Waals surface area contributed by atoms with Crippen LogP contribution in [-0.4, -0.2) is 40.6 Å². The second-order valence-corrected chi connectivity index (χ2v) is 10.2. The van der Waals surface area contributed by atoms with E-state index in [-0.39, 0.29) is 18.3 Å². The molecule has 2 aromatic rings. The molecule has 0 radical (unpaired) electrons. The molecular weight excluding hydrogens is 425 g/mol. The third-order valence-corrected chi connectivity index (χ3v) is 7.06. The lowest BCUT2D eigenvalue weighted by Crippen LogP contribution is -2.41. The molecule has 6 heteroatoms. The summed E-state index contributed by atoms with van der Waals surface area (Å²) in [6.07, 6.45) is 3.99. The molecule has 0 spiro atoms. The van der Waals surface area contributed by atoms with E-state index >= 15 is 0 Å². The fraction of sp³-hybridized carbons (Fsp3) is 0.500. The molecule has 0 bridgehead atoms. The van der Waals surface area contributed by atoms with E-state index in [0.717, 1.165) is 42.4 Å². The summed E-state index contributed by atoms with van der Waals surface area (Å²) >= 11 is 0. The Hall–Kier alpha value is -2.44. The number of benzene rings is 2. The van der Waals surface area contributed by atoms with E-state index in [1.54, 1.807) is 0 Å². The van der Waals surface area contributed by atoms with Gasteiger partial charge in [0.1, 0.15) is 0 Å². The predicted octanol–water partition coefficient (Wildman–Crippen LogP) is 6.41. The average Bonchev–Trinajstić information content (AvgIpc) is 3.01. The molecule has 1 aliphatic heterocycles. The quantitative estimate of drug-likeness (QED) is 0.238. The number of carboxylic acids is 1. The van der Waals surface area contributed by atoms with E-state index in [1.807, 2.05) is 95.3 Å². The number of carbonyl (C=O) groups is 1. The van der Waals surface area contributed by atoms with Gasteiger partial charge < -0.3 is 14.4 Å². The van der Waals surface area contributed by atoms with Crippen molar-refractivity contribution in [1.29, 1.82) is 0 Å². The van der Waals surface area contributed by atoms with Crippen molar-refractivity contribution >= 4 is 18.8 Å². The van der Waals surface area contributed by atoms with Gasteiger partial charge in [-0.15, -0.1) is 0 Å². The zero-order chi connectivity index (χ0) is 24.8. The summed E-state index contributed by atoms with van der Waals surface area (Å²) in [6, 6.07) is 19.7. The lowest BCUT2D eigenvalue weighted by Gasteiger charge is -2.32. The Morgan fingerprint density at radius 2 is 1.38 bits per heavy atom. The number of nitrogens with zero attached hydrogens (tertiary/aromatic N) is 1. The summed E-state index contributed by atoms with van der Waals surface area (Å²) in [5, 5.41) is 10.4. The zero-order valence-corrected chi connectivity index (χ0v) is 21.2. The molecule has 1 saturated heterocycles. The van der Waals surface area contributed by atoms with Gasteiger partial charge in [0.15, 0.2) is 5.54 Å². The third kappa shape index (κ3) is 5.97. The topological polar surface area (TPSA) is 68.1 Å². The Morgan fingerprint density at radius 1 is 0.882 bits per heavy atom. The van der Waals surface area contributed by atoms with Crippen molar-refractivity contribution < 1.29 is 19.2 Å². The van der Waals surface area contributed by atoms with Crippen molar-refractivity contribution in [3.8, 4) is 0 Å². The molecule has 1 unspecified atom stereocenters. The van der Waals surface area contributed by atoms with E-state index in [0.29, 0.717) is 12.8 Å². The van der Waals surface area contributed by atoms with Gasteiger partial charge in [0, 0.05) is 11.1 Å². The first-order valence-corrected chi connectivity index (χ1v) is 12.4. The first-order chi connectivity index (χ1) is 16.1. The second-order valence-electron chi connectivity index (χ2n) is 10.2. The fourth-order valence-corrected chi connectivity index (χ4v) is 4.43. The van der Waals surface area contributed by atoms with E-state index in [1.165, 1.54) is 0 Å². The minimum atomic E-state index is -1.17. The average molecular weight is 463 g/mol. The molecule has 0 aliphatic carbocycles. The summed E-state index contributed by atoms with van der Waals surface area (Å²) in [5.74, 6) is -0.866. The summed E-state index contributed by atoms with van der Waals surface area (Å²) in [4.78, 5) is 17.7. The maximum Gasteiger partial charge on any atom is 0.457 e. The largest absolute Gasteiger partial charge is 0.479 e. The van der Waals surface area contributed by atoms with Gasteiger partial charge in [-0.1, -0.05) is 86.8 Å². The Labute approximate surface area is 204 Å². The molecule has 0 aromatic heterocycles. The van der Waals surface area contributed by atoms with Crippen LogP contribution in [0.5, 0.6) is 0 Å². The SMILES string of the molecule is CCCC(CCCCB1OC(C)(C)C(C)(C)O1)(N=C(c1ccccc1)c1ccccc1)C(=O)O. The lowest BCUT2D eigenvalue weighted by atomic mass is 9.80. The van der Waals surface area contributed by atoms with Crippen LogP contribution in [0, 0.1) is 0 Å². The predicted molar refractivity (Wildman–Crippen MR) is 139 cm³/mol. The van der Waals surface area contributed by atoms with E-state index in [9.17, 15) is 9.90 Å². The number of aliphatic carboxylic acids is 1. The summed E-state index contributed by atoms with van der Waals surface area (Å²) in [5.41, 5.74) is 0.694. The van der Waals surface area contributed by atoms with Gasteiger partial charge in [-0.05, 0) is 46.9 Å². The molecule has 1 fully saturated rings. The molecule has 0 amide bonds. The van der Waals surface area contributed by atoms with Crippen molar-refractivity contribution in [3.63, 3.8) is 0 Å². The van der Waals surface area contributed by atoms with Crippen LogP contribution in [0.15, 0.2) is 65.7 Å². The van der Waals surface area contributed by atoms with Gasteiger partial charge in [-0.2, -0.15) is 0 Å². The van der Waals surface area contributed by atoms with Crippen molar-refractivity contribution in [2.75, 3.05) is 0 Å². The van der Waals surface area contributed by atoms with Crippen LogP contribution in [0.2, 0.25) is 6.32 Å². The first-order valence-electron chi connectivity index (χ1n) is 12.4. The summed E-state index contributed by atoms with van der Waals surface area (Å²) < 4.78 is 12.2. The smallest absolute Gasteiger partial charge is 0.457 e. The van der Waals surface area contributed by atoms with Crippen LogP contribution in [0.3, 0.4) is 0 Å². The molecule has 3 rings (SSSR count). The highest BCUT2D eigenvalue weighted by Gasteiger charge is 2.50. The number of rotatable bonds is 11. The summed E-state index contributed by atoms with van der Waals surface area (Å²) in [6.45, 7) is 10.2. The summed E-state index contributed by atoms with van der Waals surface area (Å²) in [7, 11) is -0.261. The zero-order valence-electron chi connectivity index (χ0n) is 21.2. The van der Waals surface area contributed by atoms with Gasteiger partial charge in [0.05, 0.1) is 16.9 Å². The normalized spacial score (nSPS) is 18.3. The molecule has 1 N–H and O–H groups in total. The first kappa shape index (κ1) is 26.2. The number of aliphatic imine (C=N–C) groups is 1. The molecule has 182 valence electrons. The number of hydrogen-bond acceptors (Lipinski definition) is 4. The van der Waals surface area contributed by atoms with E-state index < -0.39 is 11.5 Å². The Kier molecular flexibility index (Phi) is 8.37. The highest BCUT2D eigenvalue weighted by Crippen LogP contribution is 2.38. The molecule has 2 aromatic carbocycles. The standard InChI is InChI=1S/C28H38BNO4/c1-6-19-28(25(31)32,20-13-14-21-29-33-26(2,3)27(4,5)34-29)30-24(22-15-9-7-10-16-22)23-17-11-8-12-18-23/h7-12,15-18H,6,13-14,19-21H2,1-5H3,(H,31,32). The molecule has 1 heterocycles. The molecule has 1 atom stereocenters. The maximum atomic E-state index is 12.7. The number of hydrogen-bond donors (Lipinski definition) is 1. The fourth-order valence-electron chi connectivity index (χ4n) is 4.43. The Morgan fingerprint density at radius 3 is 1.82 bits per heavy atom. The van der Waals surface area contributed by atoms with Gasteiger partial charge in [-0.3, -0.25) is 4.99 Å². The maximum absolute atomic E-state index is 12.7. The lowest BCUT2D eigenvalue weighted by molar-refractivity contribution is -0.143. The second kappa shape index (κ2) is 10.9. The highest BCUT2D eigenvalue weighted by molar-refractivity contribution is 6.45. The number of unbranched alkanes of at least 4 members (excludes halogenated alkanes) is 1. The highest BCUT2D eigenvalue weighted by atomic mass is 16.7. The van der Waals surface area contributed by atoms with Crippen molar-refractivity contribution in [2.24, 2.45) is 4.99 Å². The van der Waals surface area contributed by atoms with Crippen LogP contribution in [0.4, 0.5) is 0 Å². The molecule has 5 nitrogen and oxygen atoms in total. The van der Waals surface area contributed by atoms with Gasteiger partial charge >= 0.3 is 13.1 Å². The van der Waals surface area contributed by atoms with E-state index in [2.05, 4.69) is 0 Å². The van der Waals surface area contributed by atoms with Crippen LogP contribution >= 0.6 is 0 Å². The van der Waals surface area contributed by atoms with Crippen LogP contribution in [0.1, 0.15) is 77.8 Å². The Balaban J connectivity index is 1.82. The van der Waals surface area contributed by atoms with Crippen molar-refractivity contribution in [2.45, 2.75) is 89.8 Å². The molecule has 1 aliphatic rings. The van der Waals surface area contributed by atoms with Crippen LogP contribution < -0.4 is 0 Å². The van der Waals surface area contributed by atoms with Gasteiger partial charge in [0.2, 0.25) is 0 Å². The minimum absolute atomic E-state index is 0.261. The van der Waals surface area contributed by atoms with Crippen molar-refractivity contribution in [3.05, 3.63) is 71.8 Å². The monoisotopic (exact) mass is 463 g/mol. The van der Waals surface area contributed by atoms with Gasteiger partial charge in [0.25, 0.3) is 0 Å². The minimum Gasteiger partial charge on any atom is -0.479 e. The van der Waals surface area contributed by atoms with Crippen LogP contribution in [0.25, 0.3) is 0 Å². The van der Waals surface area contributed by atoms with Crippen molar-refractivity contribution in [1.82, 2.24) is 0 Å². The number of carboxylic acid groups (broad SMARTS) is 1. The van der Waals surface area contributed by atoms with Gasteiger partial charge in [-0.25, -0.2) is 4.79 Å². The molecule has 0 saturated carbocycles. The van der Waals surface area contributed by atoms with E-state index in [4.69, 9.17) is 14.3 Å².